The van der Waals surface area contributed by atoms with Crippen molar-refractivity contribution in [3.63, 3.8) is 0 Å². The monoisotopic (exact) mass is 552 g/mol. The smallest absolute Gasteiger partial charge is 0.161 e. The van der Waals surface area contributed by atoms with Gasteiger partial charge >= 0.3 is 0 Å². The number of hydrogen-bond donors (Lipinski definition) is 2. The zero-order valence-electron chi connectivity index (χ0n) is 22.3. The molecule has 3 aliphatic rings. The van der Waals surface area contributed by atoms with Gasteiger partial charge < -0.3 is 20.9 Å². The number of aryl methyl sites for hydroxylation is 1. The first-order valence-electron chi connectivity index (χ1n) is 13.2. The van der Waals surface area contributed by atoms with Crippen molar-refractivity contribution in [3.8, 4) is 23.6 Å². The number of carbonyl (C=O) groups excluding carboxylic acids is 1. The van der Waals surface area contributed by atoms with Gasteiger partial charge in [-0.1, -0.05) is 6.07 Å². The molecule has 2 aliphatic carbocycles. The number of allylic oxidation sites excluding steroid dienone is 2. The number of pyridine rings is 1. The third-order valence-electron chi connectivity index (χ3n) is 8.09. The predicted molar refractivity (Wildman–Crippen MR) is 153 cm³/mol. The van der Waals surface area contributed by atoms with Crippen molar-refractivity contribution in [2.75, 3.05) is 30.6 Å². The van der Waals surface area contributed by atoms with Crippen LogP contribution < -0.4 is 25.8 Å². The summed E-state index contributed by atoms with van der Waals surface area (Å²) in [5.74, 6) is 0.935. The molecule has 4 N–H and O–H groups in total. The van der Waals surface area contributed by atoms with Crippen LogP contribution in [0.5, 0.6) is 11.5 Å². The fourth-order valence-electron chi connectivity index (χ4n) is 6.28. The van der Waals surface area contributed by atoms with Gasteiger partial charge in [0, 0.05) is 34.0 Å². The number of carbonyl (C=O) groups is 1. The average Bonchev–Trinajstić information content (AvgIpc) is 3.34. The summed E-state index contributed by atoms with van der Waals surface area (Å²) in [5, 5.41) is 21.0. The van der Waals surface area contributed by atoms with Gasteiger partial charge in [0.15, 0.2) is 17.3 Å². The lowest BCUT2D eigenvalue weighted by atomic mass is 9.74. The summed E-state index contributed by atoms with van der Waals surface area (Å²) in [6.45, 7) is 0. The number of rotatable bonds is 4. The van der Waals surface area contributed by atoms with Crippen molar-refractivity contribution >= 4 is 39.4 Å². The molecule has 10 heteroatoms. The molecule has 1 atom stereocenters. The Bertz CT molecular complexity index is 1690. The van der Waals surface area contributed by atoms with Crippen LogP contribution in [0.3, 0.4) is 0 Å². The molecular formula is C30H28N6O3S. The highest BCUT2D eigenvalue weighted by atomic mass is 32.1. The number of ketones is 1. The van der Waals surface area contributed by atoms with E-state index in [1.165, 1.54) is 4.88 Å². The highest BCUT2D eigenvalue weighted by molar-refractivity contribution is 7.16. The summed E-state index contributed by atoms with van der Waals surface area (Å²) >= 11 is 1.58. The zero-order chi connectivity index (χ0) is 28.1. The molecule has 0 spiro atoms. The van der Waals surface area contributed by atoms with Gasteiger partial charge in [-0.2, -0.15) is 10.5 Å². The average molecular weight is 553 g/mol. The highest BCUT2D eigenvalue weighted by Gasteiger charge is 2.44. The highest BCUT2D eigenvalue weighted by Crippen LogP contribution is 2.56. The number of hydrogen-bond acceptors (Lipinski definition) is 10. The van der Waals surface area contributed by atoms with Crippen LogP contribution >= 0.6 is 11.3 Å². The lowest BCUT2D eigenvalue weighted by Crippen LogP contribution is -2.34. The van der Waals surface area contributed by atoms with E-state index in [9.17, 15) is 15.3 Å². The lowest BCUT2D eigenvalue weighted by molar-refractivity contribution is -0.116. The Morgan fingerprint density at radius 2 is 1.75 bits per heavy atom. The van der Waals surface area contributed by atoms with Crippen LogP contribution in [-0.4, -0.2) is 25.0 Å². The number of methoxy groups -OCH3 is 2. The summed E-state index contributed by atoms with van der Waals surface area (Å²) in [7, 11) is 3.12. The molecule has 0 amide bonds. The van der Waals surface area contributed by atoms with Gasteiger partial charge in [-0.05, 0) is 61.8 Å². The molecule has 0 bridgehead atoms. The van der Waals surface area contributed by atoms with E-state index in [0.717, 1.165) is 47.5 Å². The molecule has 0 saturated heterocycles. The number of Topliss-reactive ketones (excluding diaryl/α,β-unsaturated/α-hetero) is 1. The number of ether oxygens (including phenoxy) is 2. The van der Waals surface area contributed by atoms with Gasteiger partial charge in [0.1, 0.15) is 34.3 Å². The van der Waals surface area contributed by atoms with Crippen LogP contribution in [0.4, 0.5) is 22.3 Å². The van der Waals surface area contributed by atoms with E-state index in [1.54, 1.807) is 31.6 Å². The molecular weight excluding hydrogens is 524 g/mol. The number of anilines is 4. The van der Waals surface area contributed by atoms with Crippen molar-refractivity contribution in [2.24, 2.45) is 0 Å². The molecule has 202 valence electrons. The van der Waals surface area contributed by atoms with Crippen LogP contribution in [0.2, 0.25) is 0 Å². The van der Waals surface area contributed by atoms with Crippen LogP contribution in [-0.2, 0) is 17.6 Å². The molecule has 40 heavy (non-hydrogen) atoms. The van der Waals surface area contributed by atoms with E-state index in [0.29, 0.717) is 53.3 Å². The SMILES string of the molecule is COc1ccc([C@@H]2C3=C(CCCC3=O)N(c3sc4c(c3C#N)CCCC4)c3nc(N)c(C#N)c(N)c32)cc1OC. The molecule has 0 radical (unpaired) electrons. The van der Waals surface area contributed by atoms with Gasteiger partial charge in [-0.3, -0.25) is 9.69 Å². The standard InChI is InChI=1S/C30H28N6O3S/c1-38-21-11-10-15(12-22(21)39-2)24-25-19(7-5-8-20(25)37)36(29-26(24)27(33)18(14-32)28(34)35-29)30-17(13-31)16-6-3-4-9-23(16)40-30/h10-12,24H,3-9H2,1-2H3,(H4,33,34,35)/t24-/m1/s1. The molecule has 1 aromatic carbocycles. The number of nitrogens with zero attached hydrogens (tertiary/aromatic N) is 4. The molecule has 3 aromatic rings. The molecule has 0 unspecified atom stereocenters. The normalized spacial score (nSPS) is 17.9. The quantitative estimate of drug-likeness (QED) is 0.443. The zero-order valence-corrected chi connectivity index (χ0v) is 23.2. The Morgan fingerprint density at radius 3 is 2.48 bits per heavy atom. The predicted octanol–water partition coefficient (Wildman–Crippen LogP) is 5.24. The molecule has 1 aliphatic heterocycles. The summed E-state index contributed by atoms with van der Waals surface area (Å²) < 4.78 is 11.0. The molecule has 2 aromatic heterocycles. The van der Waals surface area contributed by atoms with Crippen molar-refractivity contribution in [2.45, 2.75) is 50.9 Å². The Balaban J connectivity index is 1.71. The first-order chi connectivity index (χ1) is 19.4. The summed E-state index contributed by atoms with van der Waals surface area (Å²) in [6.07, 6.45) is 5.57. The first-order valence-corrected chi connectivity index (χ1v) is 14.1. The van der Waals surface area contributed by atoms with E-state index in [-0.39, 0.29) is 22.9 Å². The second kappa shape index (κ2) is 9.89. The van der Waals surface area contributed by atoms with Gasteiger partial charge in [-0.25, -0.2) is 4.98 Å². The Kier molecular flexibility index (Phi) is 6.36. The molecule has 3 heterocycles. The Morgan fingerprint density at radius 1 is 1.00 bits per heavy atom. The van der Waals surface area contributed by atoms with E-state index >= 15 is 0 Å². The van der Waals surface area contributed by atoms with Crippen molar-refractivity contribution < 1.29 is 14.3 Å². The van der Waals surface area contributed by atoms with Crippen LogP contribution in [0, 0.1) is 22.7 Å². The van der Waals surface area contributed by atoms with Gasteiger partial charge in [0.05, 0.1) is 25.5 Å². The van der Waals surface area contributed by atoms with E-state index in [2.05, 4.69) is 12.1 Å². The van der Waals surface area contributed by atoms with Gasteiger partial charge in [0.2, 0.25) is 0 Å². The number of nitriles is 2. The lowest BCUT2D eigenvalue weighted by Gasteiger charge is -2.40. The number of fused-ring (bicyclic) bond motifs is 2. The van der Waals surface area contributed by atoms with E-state index in [1.807, 2.05) is 17.0 Å². The van der Waals surface area contributed by atoms with E-state index in [4.69, 9.17) is 25.9 Å². The number of nitrogens with two attached hydrogens (primary N) is 2. The topological polar surface area (TPSA) is 151 Å². The first kappa shape index (κ1) is 25.7. The summed E-state index contributed by atoms with van der Waals surface area (Å²) in [5.41, 5.74) is 17.7. The molecule has 6 rings (SSSR count). The van der Waals surface area contributed by atoms with Crippen molar-refractivity contribution in [3.05, 3.63) is 62.2 Å². The molecule has 0 fully saturated rings. The maximum Gasteiger partial charge on any atom is 0.161 e. The minimum absolute atomic E-state index is 0.00578. The Hall–Kier alpha value is -4.54. The van der Waals surface area contributed by atoms with Crippen molar-refractivity contribution in [1.82, 2.24) is 4.98 Å². The third kappa shape index (κ3) is 3.71. The van der Waals surface area contributed by atoms with Crippen LogP contribution in [0.15, 0.2) is 29.5 Å². The maximum absolute atomic E-state index is 13.8. The third-order valence-corrected chi connectivity index (χ3v) is 9.37. The fourth-order valence-corrected chi connectivity index (χ4v) is 7.65. The maximum atomic E-state index is 13.8. The largest absolute Gasteiger partial charge is 0.493 e. The van der Waals surface area contributed by atoms with Crippen LogP contribution in [0.1, 0.15) is 70.7 Å². The summed E-state index contributed by atoms with van der Waals surface area (Å²) in [4.78, 5) is 21.7. The molecule has 0 saturated carbocycles. The van der Waals surface area contributed by atoms with Crippen LogP contribution in [0.25, 0.3) is 0 Å². The number of nitrogen functional groups attached to an aromatic ring is 2. The fraction of sp³-hybridized carbons (Fsp3) is 0.333. The minimum Gasteiger partial charge on any atom is -0.493 e. The Labute approximate surface area is 236 Å². The summed E-state index contributed by atoms with van der Waals surface area (Å²) in [6, 6.07) is 10.1. The molecule has 9 nitrogen and oxygen atoms in total. The number of benzene rings is 1. The van der Waals surface area contributed by atoms with E-state index < -0.39 is 5.92 Å². The second-order valence-corrected chi connectivity index (χ2v) is 11.2. The number of aromatic nitrogens is 1. The second-order valence-electron chi connectivity index (χ2n) is 10.2. The van der Waals surface area contributed by atoms with Gasteiger partial charge in [-0.15, -0.1) is 11.3 Å². The van der Waals surface area contributed by atoms with Gasteiger partial charge in [0.25, 0.3) is 0 Å². The minimum atomic E-state index is -0.603. The van der Waals surface area contributed by atoms with Crippen molar-refractivity contribution in [1.29, 1.82) is 10.5 Å². The number of thiophene rings is 1.